The second kappa shape index (κ2) is 12.1. The highest BCUT2D eigenvalue weighted by Crippen LogP contribution is 2.38. The number of ether oxygens (including phenoxy) is 3. The normalized spacial score (nSPS) is 13.2. The highest BCUT2D eigenvalue weighted by molar-refractivity contribution is 7.99. The zero-order valence-electron chi connectivity index (χ0n) is 27.0. The Bertz CT molecular complexity index is 1780. The molecule has 45 heavy (non-hydrogen) atoms. The highest BCUT2D eigenvalue weighted by atomic mass is 32.2. The van der Waals surface area contributed by atoms with Crippen LogP contribution in [0, 0.1) is 13.8 Å². The van der Waals surface area contributed by atoms with Crippen LogP contribution in [0.1, 0.15) is 69.6 Å². The molecule has 0 N–H and O–H groups in total. The molecule has 4 aromatic rings. The molecule has 0 aliphatic carbocycles. The number of hydrogen-bond donors (Lipinski definition) is 0. The highest BCUT2D eigenvalue weighted by Gasteiger charge is 2.36. The van der Waals surface area contributed by atoms with Gasteiger partial charge in [0.15, 0.2) is 5.65 Å². The van der Waals surface area contributed by atoms with Crippen LogP contribution in [-0.4, -0.2) is 66.0 Å². The van der Waals surface area contributed by atoms with Crippen LogP contribution in [0.5, 0.6) is 5.75 Å². The minimum absolute atomic E-state index is 0.183. The van der Waals surface area contributed by atoms with Crippen molar-refractivity contribution in [1.82, 2.24) is 29.7 Å². The lowest BCUT2D eigenvalue weighted by atomic mass is 10.1. The molecule has 1 aliphatic heterocycles. The third-order valence-electron chi connectivity index (χ3n) is 6.68. The van der Waals surface area contributed by atoms with Gasteiger partial charge in [-0.2, -0.15) is 10.1 Å². The Kier molecular flexibility index (Phi) is 8.58. The molecule has 13 heteroatoms. The van der Waals surface area contributed by atoms with Crippen molar-refractivity contribution in [2.75, 3.05) is 17.8 Å². The topological polar surface area (TPSA) is 134 Å². The van der Waals surface area contributed by atoms with E-state index >= 15 is 0 Å². The monoisotopic (exact) mass is 631 g/mol. The number of anilines is 1. The first-order valence-electron chi connectivity index (χ1n) is 14.4. The van der Waals surface area contributed by atoms with Gasteiger partial charge in [-0.05, 0) is 78.7 Å². The zero-order chi connectivity index (χ0) is 32.7. The average Bonchev–Trinajstić information content (AvgIpc) is 3.16. The number of aromatic nitrogens is 6. The summed E-state index contributed by atoms with van der Waals surface area (Å²) < 4.78 is 18.6. The van der Waals surface area contributed by atoms with Crippen molar-refractivity contribution in [1.29, 1.82) is 0 Å². The fraction of sp³-hybridized carbons (Fsp3) is 0.406. The SMILES string of the molecule is COc1c(C)cnc(Cn2nc3c4c(nc(N(C(=O)OC(C)(C)C)C(=O)OC(C)(C)C)nc42)SCC(c2cccnc2)=C3)c1C. The first-order chi connectivity index (χ1) is 21.1. The second-order valence-corrected chi connectivity index (χ2v) is 13.6. The van der Waals surface area contributed by atoms with E-state index < -0.39 is 23.4 Å². The Morgan fingerprint density at radius 1 is 1.02 bits per heavy atom. The summed E-state index contributed by atoms with van der Waals surface area (Å²) in [5.74, 6) is 1.10. The number of carbonyl (C=O) groups is 2. The van der Waals surface area contributed by atoms with E-state index in [1.54, 1.807) is 71.9 Å². The largest absolute Gasteiger partial charge is 0.496 e. The standard InChI is InChI=1S/C32H37N7O5S/c1-18-14-34-23(19(2)25(18)42-9)16-38-26-24-22(37-38)13-21(20-11-10-12-33-15-20)17-45-27(24)36-28(35-26)39(29(40)43-31(3,4)5)30(41)44-32(6,7)8/h10-15H,16-17H2,1-9H3. The summed E-state index contributed by atoms with van der Waals surface area (Å²) in [4.78, 5) is 46.2. The van der Waals surface area contributed by atoms with Crippen molar-refractivity contribution >= 4 is 52.6 Å². The maximum atomic E-state index is 13.5. The number of hydrogen-bond acceptors (Lipinski definition) is 11. The lowest BCUT2D eigenvalue weighted by Gasteiger charge is -2.27. The van der Waals surface area contributed by atoms with E-state index in [1.807, 2.05) is 32.1 Å². The van der Waals surface area contributed by atoms with Gasteiger partial charge in [0.1, 0.15) is 22.0 Å². The number of pyridine rings is 2. The second-order valence-electron chi connectivity index (χ2n) is 12.6. The summed E-state index contributed by atoms with van der Waals surface area (Å²) in [7, 11) is 1.63. The molecule has 0 bridgehead atoms. The fourth-order valence-electron chi connectivity index (χ4n) is 4.77. The van der Waals surface area contributed by atoms with Crippen LogP contribution in [0.2, 0.25) is 0 Å². The molecule has 4 aromatic heterocycles. The number of nitrogens with zero attached hydrogens (tertiary/aromatic N) is 7. The number of carbonyl (C=O) groups excluding carboxylic acids is 2. The number of amides is 2. The summed E-state index contributed by atoms with van der Waals surface area (Å²) >= 11 is 1.45. The summed E-state index contributed by atoms with van der Waals surface area (Å²) in [5, 5.41) is 6.19. The molecule has 12 nitrogen and oxygen atoms in total. The van der Waals surface area contributed by atoms with Crippen molar-refractivity contribution in [3.05, 3.63) is 58.8 Å². The van der Waals surface area contributed by atoms with E-state index in [2.05, 4.69) is 9.97 Å². The van der Waals surface area contributed by atoms with Gasteiger partial charge >= 0.3 is 12.2 Å². The smallest absolute Gasteiger partial charge is 0.427 e. The average molecular weight is 632 g/mol. The number of thioether (sulfide) groups is 1. The fourth-order valence-corrected chi connectivity index (χ4v) is 5.80. The molecule has 5 rings (SSSR count). The van der Waals surface area contributed by atoms with Crippen LogP contribution < -0.4 is 9.64 Å². The number of rotatable bonds is 5. The first kappa shape index (κ1) is 31.9. The Labute approximate surface area is 266 Å². The molecule has 0 radical (unpaired) electrons. The van der Waals surface area contributed by atoms with Crippen LogP contribution in [-0.2, 0) is 16.0 Å². The van der Waals surface area contributed by atoms with E-state index in [-0.39, 0.29) is 12.5 Å². The molecule has 1 aliphatic rings. The van der Waals surface area contributed by atoms with Crippen molar-refractivity contribution in [2.45, 2.75) is 78.2 Å². The van der Waals surface area contributed by atoms with Gasteiger partial charge in [-0.3, -0.25) is 9.97 Å². The molecule has 0 aromatic carbocycles. The Morgan fingerprint density at radius 2 is 1.71 bits per heavy atom. The van der Waals surface area contributed by atoms with Gasteiger partial charge in [-0.1, -0.05) is 6.07 Å². The molecule has 0 fully saturated rings. The number of aryl methyl sites for hydroxylation is 1. The molecule has 0 spiro atoms. The predicted molar refractivity (Wildman–Crippen MR) is 172 cm³/mol. The molecule has 2 amide bonds. The Balaban J connectivity index is 1.71. The molecule has 236 valence electrons. The van der Waals surface area contributed by atoms with E-state index in [9.17, 15) is 9.59 Å². The van der Waals surface area contributed by atoms with Crippen molar-refractivity contribution in [3.63, 3.8) is 0 Å². The maximum Gasteiger partial charge on any atom is 0.427 e. The van der Waals surface area contributed by atoms with Gasteiger partial charge in [-0.15, -0.1) is 16.7 Å². The molecular weight excluding hydrogens is 594 g/mol. The summed E-state index contributed by atoms with van der Waals surface area (Å²) in [6.45, 7) is 14.4. The number of methoxy groups -OCH3 is 1. The Morgan fingerprint density at radius 3 is 2.31 bits per heavy atom. The van der Waals surface area contributed by atoms with Crippen LogP contribution in [0.15, 0.2) is 35.7 Å². The molecule has 5 heterocycles. The van der Waals surface area contributed by atoms with E-state index in [1.165, 1.54) is 11.8 Å². The van der Waals surface area contributed by atoms with Crippen LogP contribution >= 0.6 is 11.8 Å². The van der Waals surface area contributed by atoms with Crippen molar-refractivity contribution in [2.24, 2.45) is 0 Å². The van der Waals surface area contributed by atoms with Gasteiger partial charge in [0.05, 0.1) is 30.4 Å². The first-order valence-corrected chi connectivity index (χ1v) is 15.4. The van der Waals surface area contributed by atoms with Gasteiger partial charge in [0.2, 0.25) is 5.95 Å². The van der Waals surface area contributed by atoms with Crippen LogP contribution in [0.4, 0.5) is 15.5 Å². The summed E-state index contributed by atoms with van der Waals surface area (Å²) in [5.41, 5.74) is 3.71. The van der Waals surface area contributed by atoms with Gasteiger partial charge in [0, 0.05) is 35.5 Å². The van der Waals surface area contributed by atoms with Crippen LogP contribution in [0.25, 0.3) is 22.7 Å². The molecule has 0 atom stereocenters. The predicted octanol–water partition coefficient (Wildman–Crippen LogP) is 6.61. The molecule has 0 saturated heterocycles. The van der Waals surface area contributed by atoms with Gasteiger partial charge in [-0.25, -0.2) is 19.3 Å². The molecular formula is C32H37N7O5S. The minimum atomic E-state index is -0.955. The lowest BCUT2D eigenvalue weighted by Crippen LogP contribution is -2.44. The van der Waals surface area contributed by atoms with Gasteiger partial charge < -0.3 is 14.2 Å². The third-order valence-corrected chi connectivity index (χ3v) is 7.71. The Hall–Kier alpha value is -4.52. The van der Waals surface area contributed by atoms with E-state index in [0.717, 1.165) is 38.6 Å². The quantitative estimate of drug-likeness (QED) is 0.220. The van der Waals surface area contributed by atoms with E-state index in [4.69, 9.17) is 29.3 Å². The third kappa shape index (κ3) is 6.93. The lowest BCUT2D eigenvalue weighted by molar-refractivity contribution is 0.0427. The van der Waals surface area contributed by atoms with E-state index in [0.29, 0.717) is 27.5 Å². The molecule has 0 saturated carbocycles. The zero-order valence-corrected chi connectivity index (χ0v) is 27.8. The number of imide groups is 1. The summed E-state index contributed by atoms with van der Waals surface area (Å²) in [6, 6.07) is 3.86. The summed E-state index contributed by atoms with van der Waals surface area (Å²) in [6.07, 6.45) is 5.36. The molecule has 0 unspecified atom stereocenters. The maximum absolute atomic E-state index is 13.5. The van der Waals surface area contributed by atoms with Crippen molar-refractivity contribution in [3.8, 4) is 5.75 Å². The van der Waals surface area contributed by atoms with Gasteiger partial charge in [0.25, 0.3) is 0 Å². The van der Waals surface area contributed by atoms with Crippen LogP contribution in [0.3, 0.4) is 0 Å². The minimum Gasteiger partial charge on any atom is -0.496 e. The van der Waals surface area contributed by atoms with Crippen molar-refractivity contribution < 1.29 is 23.8 Å².